The Bertz CT molecular complexity index is 1160. The van der Waals surface area contributed by atoms with Crippen molar-refractivity contribution in [2.75, 3.05) is 69.2 Å². The van der Waals surface area contributed by atoms with Crippen LogP contribution in [0.3, 0.4) is 0 Å². The standard InChI is InChI=1S/C27H37N7O4/c1-32-11-6-19(7-12-32)29-26(36)18-4-5-21(23(16-18)37-3)30-27-28-17-22-25(31-27)34(13-8-24(35)33(22)2)20-9-14-38-15-10-20/h4-5,16-17,19-20H,6-15H2,1-3H3,(H,29,36)(H,28,30,31). The highest BCUT2D eigenvalue weighted by atomic mass is 16.5. The first-order valence-corrected chi connectivity index (χ1v) is 13.4. The first kappa shape index (κ1) is 26.2. The van der Waals surface area contributed by atoms with E-state index in [1.165, 1.54) is 0 Å². The largest absolute Gasteiger partial charge is 0.495 e. The van der Waals surface area contributed by atoms with Crippen molar-refractivity contribution in [3.8, 4) is 5.75 Å². The SMILES string of the molecule is COc1cc(C(=O)NC2CCN(C)CC2)ccc1Nc1ncc2c(n1)N(C1CCOCC1)CCC(=O)N2C. The van der Waals surface area contributed by atoms with E-state index in [0.29, 0.717) is 54.8 Å². The lowest BCUT2D eigenvalue weighted by Crippen LogP contribution is -2.43. The molecule has 204 valence electrons. The minimum absolute atomic E-state index is 0.0425. The number of methoxy groups -OCH3 is 1. The predicted octanol–water partition coefficient (Wildman–Crippen LogP) is 2.40. The molecule has 5 rings (SSSR count). The van der Waals surface area contributed by atoms with Crippen LogP contribution < -0.4 is 25.2 Å². The van der Waals surface area contributed by atoms with Crippen LogP contribution in [0.25, 0.3) is 0 Å². The van der Waals surface area contributed by atoms with E-state index in [-0.39, 0.29) is 23.9 Å². The summed E-state index contributed by atoms with van der Waals surface area (Å²) in [5.41, 5.74) is 1.89. The van der Waals surface area contributed by atoms with Gasteiger partial charge >= 0.3 is 0 Å². The smallest absolute Gasteiger partial charge is 0.251 e. The average molecular weight is 524 g/mol. The van der Waals surface area contributed by atoms with Crippen molar-refractivity contribution in [3.05, 3.63) is 30.0 Å². The number of fused-ring (bicyclic) bond motifs is 1. The maximum Gasteiger partial charge on any atom is 0.251 e. The number of benzene rings is 1. The summed E-state index contributed by atoms with van der Waals surface area (Å²) in [4.78, 5) is 41.0. The molecule has 2 amide bonds. The van der Waals surface area contributed by atoms with Crippen molar-refractivity contribution in [2.45, 2.75) is 44.2 Å². The molecule has 11 heteroatoms. The van der Waals surface area contributed by atoms with Gasteiger partial charge in [-0.05, 0) is 64.0 Å². The molecule has 2 N–H and O–H groups in total. The molecule has 2 fully saturated rings. The summed E-state index contributed by atoms with van der Waals surface area (Å²) in [7, 11) is 5.44. The minimum Gasteiger partial charge on any atom is -0.495 e. The fourth-order valence-corrected chi connectivity index (χ4v) is 5.33. The van der Waals surface area contributed by atoms with Gasteiger partial charge in [0.1, 0.15) is 11.4 Å². The van der Waals surface area contributed by atoms with Gasteiger partial charge in [-0.15, -0.1) is 0 Å². The molecule has 2 aromatic rings. The fraction of sp³-hybridized carbons (Fsp3) is 0.556. The Morgan fingerprint density at radius 3 is 2.61 bits per heavy atom. The van der Waals surface area contributed by atoms with E-state index >= 15 is 0 Å². The lowest BCUT2D eigenvalue weighted by molar-refractivity contribution is -0.118. The third kappa shape index (κ3) is 5.68. The van der Waals surface area contributed by atoms with Crippen LogP contribution in [0.2, 0.25) is 0 Å². The summed E-state index contributed by atoms with van der Waals surface area (Å²) in [6.45, 7) is 3.96. The highest BCUT2D eigenvalue weighted by Crippen LogP contribution is 2.35. The van der Waals surface area contributed by atoms with Gasteiger partial charge in [0.15, 0.2) is 5.82 Å². The van der Waals surface area contributed by atoms with Gasteiger partial charge in [-0.1, -0.05) is 0 Å². The highest BCUT2D eigenvalue weighted by Gasteiger charge is 2.31. The molecule has 11 nitrogen and oxygen atoms in total. The first-order chi connectivity index (χ1) is 18.4. The van der Waals surface area contributed by atoms with E-state index in [9.17, 15) is 9.59 Å². The molecule has 1 aromatic carbocycles. The molecule has 0 spiro atoms. The number of nitrogens with zero attached hydrogens (tertiary/aromatic N) is 5. The monoisotopic (exact) mass is 523 g/mol. The molecule has 3 aliphatic rings. The van der Waals surface area contributed by atoms with Crippen LogP contribution in [0, 0.1) is 0 Å². The van der Waals surface area contributed by atoms with Crippen molar-refractivity contribution in [3.63, 3.8) is 0 Å². The second kappa shape index (κ2) is 11.5. The molecular weight excluding hydrogens is 486 g/mol. The van der Waals surface area contributed by atoms with Gasteiger partial charge in [-0.2, -0.15) is 4.98 Å². The van der Waals surface area contributed by atoms with Gasteiger partial charge in [0.2, 0.25) is 11.9 Å². The number of anilines is 4. The molecule has 0 atom stereocenters. The molecule has 1 aromatic heterocycles. The van der Waals surface area contributed by atoms with Gasteiger partial charge in [-0.25, -0.2) is 4.98 Å². The van der Waals surface area contributed by atoms with Crippen LogP contribution in [0.4, 0.5) is 23.1 Å². The van der Waals surface area contributed by atoms with Crippen molar-refractivity contribution in [2.24, 2.45) is 0 Å². The number of piperidine rings is 1. The van der Waals surface area contributed by atoms with Crippen molar-refractivity contribution in [1.29, 1.82) is 0 Å². The van der Waals surface area contributed by atoms with E-state index in [4.69, 9.17) is 14.5 Å². The van der Waals surface area contributed by atoms with Crippen LogP contribution >= 0.6 is 0 Å². The maximum absolute atomic E-state index is 12.9. The average Bonchev–Trinajstić information content (AvgIpc) is 3.06. The molecule has 3 aliphatic heterocycles. The van der Waals surface area contributed by atoms with E-state index in [2.05, 4.69) is 32.5 Å². The fourth-order valence-electron chi connectivity index (χ4n) is 5.33. The quantitative estimate of drug-likeness (QED) is 0.589. The lowest BCUT2D eigenvalue weighted by Gasteiger charge is -2.35. The van der Waals surface area contributed by atoms with Crippen LogP contribution in [-0.4, -0.2) is 92.8 Å². The van der Waals surface area contributed by atoms with Crippen LogP contribution in [0.15, 0.2) is 24.4 Å². The number of carbonyl (C=O) groups is 2. The molecule has 4 heterocycles. The summed E-state index contributed by atoms with van der Waals surface area (Å²) in [5.74, 6) is 1.58. The van der Waals surface area contributed by atoms with E-state index < -0.39 is 0 Å². The van der Waals surface area contributed by atoms with Gasteiger partial charge < -0.3 is 34.8 Å². The number of hydrogen-bond donors (Lipinski definition) is 2. The van der Waals surface area contributed by atoms with Crippen molar-refractivity contribution < 1.29 is 19.1 Å². The number of amides is 2. The Labute approximate surface area is 223 Å². The highest BCUT2D eigenvalue weighted by molar-refractivity contribution is 5.97. The molecule has 0 unspecified atom stereocenters. The normalized spacial score (nSPS) is 19.6. The Morgan fingerprint density at radius 1 is 1.11 bits per heavy atom. The van der Waals surface area contributed by atoms with E-state index in [0.717, 1.165) is 44.6 Å². The molecule has 2 saturated heterocycles. The van der Waals surface area contributed by atoms with E-state index in [1.54, 1.807) is 37.4 Å². The van der Waals surface area contributed by atoms with Crippen LogP contribution in [0.5, 0.6) is 5.75 Å². The third-order valence-electron chi connectivity index (χ3n) is 7.72. The number of rotatable bonds is 6. The lowest BCUT2D eigenvalue weighted by atomic mass is 10.0. The Hall–Kier alpha value is -3.44. The second-order valence-corrected chi connectivity index (χ2v) is 10.2. The number of ether oxygens (including phenoxy) is 2. The van der Waals surface area contributed by atoms with Crippen molar-refractivity contribution in [1.82, 2.24) is 20.2 Å². The van der Waals surface area contributed by atoms with Crippen LogP contribution in [-0.2, 0) is 9.53 Å². The van der Waals surface area contributed by atoms with Crippen LogP contribution in [0.1, 0.15) is 42.5 Å². The topological polar surface area (TPSA) is 112 Å². The minimum atomic E-state index is -0.106. The molecule has 0 bridgehead atoms. The summed E-state index contributed by atoms with van der Waals surface area (Å²) in [6.07, 6.45) is 5.77. The van der Waals surface area contributed by atoms with Gasteiger partial charge in [0, 0.05) is 50.9 Å². The maximum atomic E-state index is 12.9. The number of likely N-dealkylation sites (tertiary alicyclic amines) is 1. The number of hydrogen-bond acceptors (Lipinski definition) is 9. The first-order valence-electron chi connectivity index (χ1n) is 13.4. The van der Waals surface area contributed by atoms with Crippen molar-refractivity contribution >= 4 is 35.0 Å². The second-order valence-electron chi connectivity index (χ2n) is 10.2. The zero-order chi connectivity index (χ0) is 26.6. The summed E-state index contributed by atoms with van der Waals surface area (Å²) in [5, 5.41) is 6.40. The number of carbonyl (C=O) groups excluding carboxylic acids is 2. The molecule has 38 heavy (non-hydrogen) atoms. The molecular formula is C27H37N7O4. The summed E-state index contributed by atoms with van der Waals surface area (Å²) in [6, 6.07) is 5.75. The summed E-state index contributed by atoms with van der Waals surface area (Å²) >= 11 is 0. The zero-order valence-corrected chi connectivity index (χ0v) is 22.4. The number of aromatic nitrogens is 2. The van der Waals surface area contributed by atoms with Gasteiger partial charge in [0.05, 0.1) is 19.0 Å². The molecule has 0 aliphatic carbocycles. The Morgan fingerprint density at radius 2 is 1.87 bits per heavy atom. The molecule has 0 saturated carbocycles. The molecule has 0 radical (unpaired) electrons. The summed E-state index contributed by atoms with van der Waals surface area (Å²) < 4.78 is 11.2. The Kier molecular flexibility index (Phi) is 7.94. The van der Waals surface area contributed by atoms with Gasteiger partial charge in [0.25, 0.3) is 5.91 Å². The number of nitrogens with one attached hydrogen (secondary N) is 2. The Balaban J connectivity index is 1.36. The predicted molar refractivity (Wildman–Crippen MR) is 146 cm³/mol. The zero-order valence-electron chi connectivity index (χ0n) is 22.4. The van der Waals surface area contributed by atoms with Gasteiger partial charge in [-0.3, -0.25) is 9.59 Å². The third-order valence-corrected chi connectivity index (χ3v) is 7.72. The van der Waals surface area contributed by atoms with E-state index in [1.807, 2.05) is 6.07 Å².